The topological polar surface area (TPSA) is 110 Å². The first kappa shape index (κ1) is 59.1. The Kier molecular flexibility index (Phi) is 46.1. The molecule has 0 aromatic carbocycles. The predicted octanol–water partition coefficient (Wildman–Crippen LogP) is 14.1. The van der Waals surface area contributed by atoms with Crippen molar-refractivity contribution >= 4 is 18.1 Å². The van der Waals surface area contributed by atoms with E-state index < -0.39 is 18.4 Å². The van der Waals surface area contributed by atoms with Gasteiger partial charge in [0.2, 0.25) is 0 Å². The van der Waals surface area contributed by atoms with E-state index in [9.17, 15) is 14.4 Å². The maximum absolute atomic E-state index is 13.0. The number of carbonyl (C=O) groups excluding carboxylic acids is 3. The van der Waals surface area contributed by atoms with Crippen molar-refractivity contribution in [1.82, 2.24) is 4.90 Å². The van der Waals surface area contributed by atoms with Gasteiger partial charge in [-0.05, 0) is 51.7 Å². The fourth-order valence-electron chi connectivity index (χ4n) is 7.36. The number of unbranched alkanes of at least 4 members (excludes halogenated alkanes) is 25. The standard InChI is InChI=1S/C51H99NO9/c1-6-11-14-17-20-21-22-23-24-25-26-27-28-29-32-37-48(53)59-44-47(46-61-51(55)58-43-36-33-40-52(9-4)10-5)45-60-49(54)38-39-50(56-41-34-30-18-15-12-7-2)57-42-35-31-19-16-13-8-3/h47,50H,6-46H2,1-5H3. The lowest BCUT2D eigenvalue weighted by Gasteiger charge is -2.20. The molecule has 1 atom stereocenters. The van der Waals surface area contributed by atoms with Crippen LogP contribution in [0, 0.1) is 5.92 Å². The third-order valence-corrected chi connectivity index (χ3v) is 11.6. The monoisotopic (exact) mass is 870 g/mol. The van der Waals surface area contributed by atoms with Gasteiger partial charge in [0.05, 0.1) is 18.9 Å². The van der Waals surface area contributed by atoms with Gasteiger partial charge in [0.15, 0.2) is 6.29 Å². The van der Waals surface area contributed by atoms with Crippen molar-refractivity contribution < 1.29 is 42.8 Å². The summed E-state index contributed by atoms with van der Waals surface area (Å²) in [6.07, 6.45) is 34.5. The fraction of sp³-hybridized carbons (Fsp3) is 0.941. The first-order chi connectivity index (χ1) is 29.9. The average Bonchev–Trinajstić information content (AvgIpc) is 3.26. The van der Waals surface area contributed by atoms with E-state index in [4.69, 9.17) is 28.4 Å². The summed E-state index contributed by atoms with van der Waals surface area (Å²) in [7, 11) is 0. The van der Waals surface area contributed by atoms with E-state index >= 15 is 0 Å². The molecular formula is C51H99NO9. The molecule has 0 aliphatic carbocycles. The zero-order valence-electron chi connectivity index (χ0n) is 40.8. The van der Waals surface area contributed by atoms with Gasteiger partial charge in [-0.15, -0.1) is 0 Å². The molecule has 0 saturated heterocycles. The van der Waals surface area contributed by atoms with E-state index in [2.05, 4.69) is 39.5 Å². The van der Waals surface area contributed by atoms with Crippen molar-refractivity contribution in [1.29, 1.82) is 0 Å². The summed E-state index contributed by atoms with van der Waals surface area (Å²) in [5.41, 5.74) is 0. The summed E-state index contributed by atoms with van der Waals surface area (Å²) in [6, 6.07) is 0. The van der Waals surface area contributed by atoms with Crippen LogP contribution in [-0.2, 0) is 38.0 Å². The highest BCUT2D eigenvalue weighted by atomic mass is 16.7. The maximum Gasteiger partial charge on any atom is 0.508 e. The average molecular weight is 870 g/mol. The van der Waals surface area contributed by atoms with E-state index in [0.29, 0.717) is 26.1 Å². The molecule has 0 amide bonds. The van der Waals surface area contributed by atoms with E-state index in [1.165, 1.54) is 128 Å². The summed E-state index contributed by atoms with van der Waals surface area (Å²) in [6.45, 7) is 15.3. The lowest BCUT2D eigenvalue weighted by molar-refractivity contribution is -0.161. The molecule has 0 spiro atoms. The molecule has 0 aliphatic rings. The summed E-state index contributed by atoms with van der Waals surface area (Å²) >= 11 is 0. The zero-order chi connectivity index (χ0) is 44.7. The Bertz CT molecular complexity index is 929. The van der Waals surface area contributed by atoms with E-state index in [1.54, 1.807) is 0 Å². The molecule has 0 radical (unpaired) electrons. The van der Waals surface area contributed by atoms with Crippen LogP contribution < -0.4 is 0 Å². The second-order valence-corrected chi connectivity index (χ2v) is 17.3. The molecule has 0 aromatic rings. The first-order valence-corrected chi connectivity index (χ1v) is 26.0. The molecular weight excluding hydrogens is 771 g/mol. The third kappa shape index (κ3) is 43.1. The molecule has 61 heavy (non-hydrogen) atoms. The van der Waals surface area contributed by atoms with Crippen LogP contribution in [0.2, 0.25) is 0 Å². The number of ether oxygens (including phenoxy) is 6. The number of hydrogen-bond donors (Lipinski definition) is 0. The van der Waals surface area contributed by atoms with Crippen LogP contribution in [0.5, 0.6) is 0 Å². The van der Waals surface area contributed by atoms with E-state index in [0.717, 1.165) is 77.4 Å². The lowest BCUT2D eigenvalue weighted by atomic mass is 10.0. The molecule has 10 nitrogen and oxygen atoms in total. The van der Waals surface area contributed by atoms with Gasteiger partial charge in [-0.25, -0.2) is 4.79 Å². The molecule has 0 bridgehead atoms. The molecule has 1 unspecified atom stereocenters. The fourth-order valence-corrected chi connectivity index (χ4v) is 7.36. The molecule has 0 aromatic heterocycles. The molecule has 10 heteroatoms. The highest BCUT2D eigenvalue weighted by Gasteiger charge is 2.20. The highest BCUT2D eigenvalue weighted by molar-refractivity contribution is 5.69. The first-order valence-electron chi connectivity index (χ1n) is 26.0. The largest absolute Gasteiger partial charge is 0.508 e. The van der Waals surface area contributed by atoms with Gasteiger partial charge in [0, 0.05) is 26.1 Å². The van der Waals surface area contributed by atoms with Gasteiger partial charge >= 0.3 is 18.1 Å². The van der Waals surface area contributed by atoms with Gasteiger partial charge in [-0.1, -0.05) is 189 Å². The Balaban J connectivity index is 4.79. The number of hydrogen-bond acceptors (Lipinski definition) is 10. The predicted molar refractivity (Wildman–Crippen MR) is 251 cm³/mol. The van der Waals surface area contributed by atoms with Crippen molar-refractivity contribution in [3.05, 3.63) is 0 Å². The summed E-state index contributed by atoms with van der Waals surface area (Å²) < 4.78 is 34.2. The number of esters is 2. The molecule has 0 saturated carbocycles. The van der Waals surface area contributed by atoms with Crippen molar-refractivity contribution in [2.45, 2.75) is 246 Å². The Labute approximate surface area is 376 Å². The molecule has 0 rings (SSSR count). The minimum Gasteiger partial charge on any atom is -0.465 e. The van der Waals surface area contributed by atoms with Crippen LogP contribution in [0.3, 0.4) is 0 Å². The Morgan fingerprint density at radius 2 is 0.770 bits per heavy atom. The highest BCUT2D eigenvalue weighted by Crippen LogP contribution is 2.16. The Morgan fingerprint density at radius 3 is 1.21 bits per heavy atom. The zero-order valence-corrected chi connectivity index (χ0v) is 40.8. The Morgan fingerprint density at radius 1 is 0.393 bits per heavy atom. The number of carbonyl (C=O) groups is 3. The number of nitrogens with zero attached hydrogens (tertiary/aromatic N) is 1. The van der Waals surface area contributed by atoms with Gasteiger partial charge in [0.25, 0.3) is 0 Å². The molecule has 362 valence electrons. The van der Waals surface area contributed by atoms with Crippen LogP contribution in [0.4, 0.5) is 4.79 Å². The van der Waals surface area contributed by atoms with Crippen LogP contribution >= 0.6 is 0 Å². The molecule has 0 fully saturated rings. The van der Waals surface area contributed by atoms with Gasteiger partial charge in [-0.2, -0.15) is 0 Å². The van der Waals surface area contributed by atoms with Gasteiger partial charge < -0.3 is 33.3 Å². The third-order valence-electron chi connectivity index (χ3n) is 11.6. The normalized spacial score (nSPS) is 12.0. The molecule has 0 N–H and O–H groups in total. The van der Waals surface area contributed by atoms with Gasteiger partial charge in [0.1, 0.15) is 19.8 Å². The second kappa shape index (κ2) is 47.6. The Hall–Kier alpha value is -1.91. The van der Waals surface area contributed by atoms with Crippen LogP contribution in [0.15, 0.2) is 0 Å². The molecule has 0 aliphatic heterocycles. The van der Waals surface area contributed by atoms with Crippen molar-refractivity contribution in [2.75, 3.05) is 59.3 Å². The van der Waals surface area contributed by atoms with E-state index in [-0.39, 0.29) is 44.8 Å². The van der Waals surface area contributed by atoms with Crippen LogP contribution in [0.25, 0.3) is 0 Å². The van der Waals surface area contributed by atoms with Crippen molar-refractivity contribution in [3.63, 3.8) is 0 Å². The summed E-state index contributed by atoms with van der Waals surface area (Å²) in [4.78, 5) is 40.4. The smallest absolute Gasteiger partial charge is 0.465 e. The molecule has 0 heterocycles. The van der Waals surface area contributed by atoms with Crippen LogP contribution in [0.1, 0.15) is 240 Å². The van der Waals surface area contributed by atoms with Crippen LogP contribution in [-0.4, -0.2) is 88.6 Å². The number of rotatable bonds is 48. The van der Waals surface area contributed by atoms with Crippen molar-refractivity contribution in [3.8, 4) is 0 Å². The quantitative estimate of drug-likeness (QED) is 0.0254. The second-order valence-electron chi connectivity index (χ2n) is 17.3. The minimum absolute atomic E-state index is 0.00658. The van der Waals surface area contributed by atoms with E-state index in [1.807, 2.05) is 0 Å². The lowest BCUT2D eigenvalue weighted by Crippen LogP contribution is -2.27. The van der Waals surface area contributed by atoms with Gasteiger partial charge in [-0.3, -0.25) is 9.59 Å². The summed E-state index contributed by atoms with van der Waals surface area (Å²) in [5, 5.41) is 0. The summed E-state index contributed by atoms with van der Waals surface area (Å²) in [5.74, 6) is -1.18. The van der Waals surface area contributed by atoms with Crippen molar-refractivity contribution in [2.24, 2.45) is 5.92 Å². The maximum atomic E-state index is 13.0. The SMILES string of the molecule is CCCCCCCCCCCCCCCCCC(=O)OCC(COC(=O)CCC(OCCCCCCCC)OCCCCCCCC)COC(=O)OCCCCN(CC)CC. The minimum atomic E-state index is -0.767.